The van der Waals surface area contributed by atoms with Gasteiger partial charge in [0, 0.05) is 23.9 Å². The number of aromatic hydroxyl groups is 1. The summed E-state index contributed by atoms with van der Waals surface area (Å²) in [5.41, 5.74) is 2.43. The maximum Gasteiger partial charge on any atom is 0.339 e. The summed E-state index contributed by atoms with van der Waals surface area (Å²) in [4.78, 5) is 104. The van der Waals surface area contributed by atoms with E-state index in [-0.39, 0.29) is 30.0 Å². The van der Waals surface area contributed by atoms with Crippen LogP contribution in [0.25, 0.3) is 0 Å². The van der Waals surface area contributed by atoms with E-state index in [2.05, 4.69) is 26.6 Å². The van der Waals surface area contributed by atoms with Gasteiger partial charge in [0.15, 0.2) is 11.0 Å². The Hall–Kier alpha value is -5.96. The predicted octanol–water partition coefficient (Wildman–Crippen LogP) is -0.901. The third kappa shape index (κ3) is 8.10. The Labute approximate surface area is 293 Å². The molecule has 2 heterocycles. The van der Waals surface area contributed by atoms with E-state index in [1.165, 1.54) is 55.6 Å². The summed E-state index contributed by atoms with van der Waals surface area (Å²) in [6.07, 6.45) is -0.340. The summed E-state index contributed by atoms with van der Waals surface area (Å²) >= 11 is 0.940. The number of benzene rings is 2. The minimum Gasteiger partial charge on any atom is -0.508 e. The Morgan fingerprint density at radius 1 is 1.06 bits per heavy atom. The van der Waals surface area contributed by atoms with Crippen LogP contribution < -0.4 is 32.1 Å². The Bertz CT molecular complexity index is 1720. The molecule has 0 aliphatic carbocycles. The van der Waals surface area contributed by atoms with Crippen LogP contribution >= 0.6 is 11.8 Å². The van der Waals surface area contributed by atoms with Crippen molar-refractivity contribution in [3.63, 3.8) is 0 Å². The minimum atomic E-state index is -1.68. The summed E-state index contributed by atoms with van der Waals surface area (Å²) < 4.78 is -1.10. The van der Waals surface area contributed by atoms with Gasteiger partial charge in [-0.3, -0.25) is 43.8 Å². The molecule has 2 aromatic rings. The lowest BCUT2D eigenvalue weighted by molar-refractivity contribution is -0.384. The number of carboxylic acids is 1. The lowest BCUT2D eigenvalue weighted by Gasteiger charge is -2.52. The van der Waals surface area contributed by atoms with Gasteiger partial charge in [-0.15, -0.1) is 11.8 Å². The summed E-state index contributed by atoms with van der Waals surface area (Å²) in [5, 5.41) is 42.5. The molecule has 8 N–H and O–H groups in total. The van der Waals surface area contributed by atoms with Gasteiger partial charge in [0.05, 0.1) is 18.0 Å². The highest BCUT2D eigenvalue weighted by Crippen LogP contribution is 2.56. The molecule has 4 rings (SSSR count). The lowest BCUT2D eigenvalue weighted by atomic mass is 9.92. The molecule has 2 aromatic carbocycles. The number of hydroxylamine groups is 1. The zero-order valence-corrected chi connectivity index (χ0v) is 28.0. The molecule has 0 spiro atoms. The van der Waals surface area contributed by atoms with Crippen molar-refractivity contribution in [1.29, 1.82) is 0 Å². The number of thioether (sulfide) groups is 1. The third-order valence-corrected chi connectivity index (χ3v) is 9.58. The van der Waals surface area contributed by atoms with Crippen molar-refractivity contribution in [3.05, 3.63) is 69.8 Å². The molecule has 20 nitrogen and oxygen atoms in total. The summed E-state index contributed by atoms with van der Waals surface area (Å²) in [6, 6.07) is 3.18. The van der Waals surface area contributed by atoms with Crippen LogP contribution in [0.4, 0.5) is 10.5 Å². The smallest absolute Gasteiger partial charge is 0.339 e. The fourth-order valence-electron chi connectivity index (χ4n) is 5.59. The highest BCUT2D eigenvalue weighted by atomic mass is 32.2. The number of hydrogen-bond acceptors (Lipinski definition) is 12. The van der Waals surface area contributed by atoms with Gasteiger partial charge in [-0.1, -0.05) is 12.1 Å². The van der Waals surface area contributed by atoms with Crippen LogP contribution in [-0.2, 0) is 40.2 Å². The predicted molar refractivity (Wildman–Crippen MR) is 175 cm³/mol. The largest absolute Gasteiger partial charge is 0.508 e. The number of carbonyl (C=O) groups is 7. The standard InChI is InChI=1S/C30H34N8O12S/c1-29(2)23(27(45)46)37-26(44)22(30(37,51-29)32-14-39)35-25(43)21(16-6-10-18(40)11-7-16)34-24(42)19(12-20(41)31-3)33-28(47)36-50-13-15-4-8-17(9-5-15)38(48)49/h4-11,14,19,21-23,40H,12-13H2,1-3H3,(H,31,41)(H,32,39)(H,34,42)(H,35,43)(H,45,46)(H2,33,36,47)/t19?,21?,22-,23+,30?/m1/s1. The number of carbonyl (C=O) groups excluding carboxylic acids is 6. The summed E-state index contributed by atoms with van der Waals surface area (Å²) in [6.45, 7) is 2.90. The van der Waals surface area contributed by atoms with Crippen LogP contribution in [0.15, 0.2) is 48.5 Å². The van der Waals surface area contributed by atoms with Crippen LogP contribution in [0.1, 0.15) is 37.4 Å². The summed E-state index contributed by atoms with van der Waals surface area (Å²) in [7, 11) is 1.29. The van der Waals surface area contributed by atoms with E-state index in [1.54, 1.807) is 13.8 Å². The molecule has 0 radical (unpaired) electrons. The maximum atomic E-state index is 13.8. The molecule has 21 heteroatoms. The number of urea groups is 1. The van der Waals surface area contributed by atoms with Crippen LogP contribution in [0.2, 0.25) is 0 Å². The molecule has 2 fully saturated rings. The molecule has 51 heavy (non-hydrogen) atoms. The van der Waals surface area contributed by atoms with Gasteiger partial charge in [-0.25, -0.2) is 15.1 Å². The molecule has 7 amide bonds. The van der Waals surface area contributed by atoms with Crippen molar-refractivity contribution in [2.45, 2.75) is 60.8 Å². The first-order valence-corrected chi connectivity index (χ1v) is 15.9. The van der Waals surface area contributed by atoms with Crippen molar-refractivity contribution < 1.29 is 53.5 Å². The highest BCUT2D eigenvalue weighted by molar-refractivity contribution is 8.02. The Balaban J connectivity index is 1.52. The van der Waals surface area contributed by atoms with E-state index in [9.17, 15) is 53.9 Å². The quantitative estimate of drug-likeness (QED) is 0.0478. The van der Waals surface area contributed by atoms with E-state index < -0.39 is 80.9 Å². The summed E-state index contributed by atoms with van der Waals surface area (Å²) in [5.74, 6) is -5.04. The Morgan fingerprint density at radius 3 is 2.27 bits per heavy atom. The number of fused-ring (bicyclic) bond motifs is 1. The van der Waals surface area contributed by atoms with Crippen molar-refractivity contribution >= 4 is 59.5 Å². The minimum absolute atomic E-state index is 0.0945. The second-order valence-electron chi connectivity index (χ2n) is 11.8. The lowest BCUT2D eigenvalue weighted by Crippen LogP contribution is -2.82. The molecule has 0 saturated carbocycles. The van der Waals surface area contributed by atoms with E-state index in [4.69, 9.17) is 4.84 Å². The number of carboxylic acid groups (broad SMARTS) is 1. The SMILES string of the molecule is CNC(=O)CC(NC(=O)NOCc1ccc([N+](=O)[O-])cc1)C(=O)NC(C(=O)N[C@@H]1C(=O)N2[C@@H](C(=O)O)C(C)(C)SC12NC=O)c1ccc(O)cc1. The molecule has 2 aliphatic rings. The first-order chi connectivity index (χ1) is 24.0. The van der Waals surface area contributed by atoms with E-state index in [0.29, 0.717) is 5.56 Å². The number of nitro groups is 1. The van der Waals surface area contributed by atoms with Gasteiger partial charge in [0.1, 0.15) is 23.9 Å². The van der Waals surface area contributed by atoms with Gasteiger partial charge in [0.25, 0.3) is 11.6 Å². The van der Waals surface area contributed by atoms with E-state index in [0.717, 1.165) is 16.7 Å². The van der Waals surface area contributed by atoms with Crippen molar-refractivity contribution in [2.75, 3.05) is 7.05 Å². The number of phenols is 1. The number of nitrogens with one attached hydrogen (secondary N) is 6. The second-order valence-corrected chi connectivity index (χ2v) is 13.7. The van der Waals surface area contributed by atoms with Crippen LogP contribution in [-0.4, -0.2) is 97.0 Å². The number of β-lactam (4-membered cyclic amide) rings is 1. The number of nitro benzene ring substituents is 1. The number of aliphatic carboxylic acids is 1. The topological polar surface area (TPSA) is 288 Å². The number of hydrogen-bond donors (Lipinski definition) is 8. The third-order valence-electron chi connectivity index (χ3n) is 7.97. The zero-order valence-electron chi connectivity index (χ0n) is 27.2. The number of non-ortho nitro benzene ring substituents is 1. The molecular formula is C30H34N8O12S. The molecule has 272 valence electrons. The van der Waals surface area contributed by atoms with Crippen LogP contribution in [0, 0.1) is 10.1 Å². The fraction of sp³-hybridized carbons (Fsp3) is 0.367. The number of rotatable bonds is 15. The molecule has 2 saturated heterocycles. The maximum absolute atomic E-state index is 13.8. The van der Waals surface area contributed by atoms with Gasteiger partial charge in [-0.05, 0) is 49.2 Å². The first kappa shape index (κ1) is 37.9. The fourth-order valence-corrected chi connectivity index (χ4v) is 7.39. The Kier molecular flexibility index (Phi) is 11.3. The molecule has 0 bridgehead atoms. The van der Waals surface area contributed by atoms with Crippen LogP contribution in [0.3, 0.4) is 0 Å². The van der Waals surface area contributed by atoms with Gasteiger partial charge in [-0.2, -0.15) is 0 Å². The average molecular weight is 731 g/mol. The van der Waals surface area contributed by atoms with Gasteiger partial charge in [0.2, 0.25) is 24.1 Å². The normalized spacial score (nSPS) is 21.1. The molecular weight excluding hydrogens is 696 g/mol. The van der Waals surface area contributed by atoms with Crippen molar-refractivity contribution in [2.24, 2.45) is 0 Å². The van der Waals surface area contributed by atoms with Gasteiger partial charge < -0.3 is 36.8 Å². The van der Waals surface area contributed by atoms with E-state index >= 15 is 0 Å². The first-order valence-electron chi connectivity index (χ1n) is 15.0. The Morgan fingerprint density at radius 2 is 1.71 bits per heavy atom. The molecule has 3 unspecified atom stereocenters. The zero-order chi connectivity index (χ0) is 37.7. The molecule has 5 atom stereocenters. The highest BCUT2D eigenvalue weighted by Gasteiger charge is 2.74. The van der Waals surface area contributed by atoms with E-state index in [1.807, 2.05) is 5.48 Å². The second kappa shape index (κ2) is 15.3. The van der Waals surface area contributed by atoms with Gasteiger partial charge >= 0.3 is 12.0 Å². The average Bonchev–Trinajstić information content (AvgIpc) is 3.30. The van der Waals surface area contributed by atoms with Crippen molar-refractivity contribution in [1.82, 2.24) is 37.0 Å². The number of phenolic OH excluding ortho intramolecular Hbond substituents is 1. The monoisotopic (exact) mass is 730 g/mol. The van der Waals surface area contributed by atoms with Crippen molar-refractivity contribution in [3.8, 4) is 5.75 Å². The molecule has 0 aromatic heterocycles. The van der Waals surface area contributed by atoms with Crippen LogP contribution in [0.5, 0.6) is 5.75 Å². The number of amides is 7. The number of nitrogens with zero attached hydrogens (tertiary/aromatic N) is 2. The molecule has 2 aliphatic heterocycles.